The summed E-state index contributed by atoms with van der Waals surface area (Å²) in [6.45, 7) is 3.47. The molecule has 1 N–H and O–H groups in total. The Balaban J connectivity index is 1.70. The van der Waals surface area contributed by atoms with Crippen LogP contribution < -0.4 is 4.74 Å². The molecule has 0 saturated carbocycles. The molecule has 1 saturated heterocycles. The Morgan fingerprint density at radius 2 is 2.15 bits per heavy atom. The number of nitrogens with zero attached hydrogens (tertiary/aromatic N) is 1. The largest absolute Gasteiger partial charge is 0.494 e. The van der Waals surface area contributed by atoms with Gasteiger partial charge in [0.25, 0.3) is 0 Å². The summed E-state index contributed by atoms with van der Waals surface area (Å²) in [5, 5.41) is 9.36. The van der Waals surface area contributed by atoms with Gasteiger partial charge in [0, 0.05) is 13.0 Å². The van der Waals surface area contributed by atoms with Crippen LogP contribution in [0.1, 0.15) is 26.2 Å². The van der Waals surface area contributed by atoms with Gasteiger partial charge in [-0.3, -0.25) is 4.79 Å². The van der Waals surface area contributed by atoms with Crippen LogP contribution in [0.15, 0.2) is 30.3 Å². The van der Waals surface area contributed by atoms with Crippen molar-refractivity contribution < 1.29 is 14.6 Å². The van der Waals surface area contributed by atoms with Gasteiger partial charge in [0.15, 0.2) is 0 Å². The van der Waals surface area contributed by atoms with Gasteiger partial charge in [-0.2, -0.15) is 0 Å². The molecule has 1 aromatic carbocycles. The molecule has 0 spiro atoms. The second-order valence-electron chi connectivity index (χ2n) is 5.37. The molecule has 0 radical (unpaired) electrons. The van der Waals surface area contributed by atoms with Crippen LogP contribution in [0.2, 0.25) is 0 Å². The van der Waals surface area contributed by atoms with Crippen LogP contribution in [0.5, 0.6) is 5.75 Å². The Labute approximate surface area is 120 Å². The minimum absolute atomic E-state index is 0.00228. The number of carbonyl (C=O) groups excluding carboxylic acids is 1. The van der Waals surface area contributed by atoms with Gasteiger partial charge in [0.1, 0.15) is 5.75 Å². The van der Waals surface area contributed by atoms with Crippen molar-refractivity contribution >= 4 is 5.91 Å². The van der Waals surface area contributed by atoms with Gasteiger partial charge in [-0.1, -0.05) is 25.1 Å². The molecule has 110 valence electrons. The van der Waals surface area contributed by atoms with E-state index in [1.54, 1.807) is 0 Å². The first-order valence-corrected chi connectivity index (χ1v) is 7.30. The molecule has 1 aliphatic rings. The highest BCUT2D eigenvalue weighted by molar-refractivity contribution is 5.76. The summed E-state index contributed by atoms with van der Waals surface area (Å²) >= 11 is 0. The first-order chi connectivity index (χ1) is 9.72. The molecule has 1 fully saturated rings. The van der Waals surface area contributed by atoms with Crippen LogP contribution >= 0.6 is 0 Å². The lowest BCUT2D eigenvalue weighted by atomic mass is 10.0. The smallest absolute Gasteiger partial charge is 0.223 e. The first-order valence-electron chi connectivity index (χ1n) is 7.30. The summed E-state index contributed by atoms with van der Waals surface area (Å²) in [5.41, 5.74) is 0. The van der Waals surface area contributed by atoms with Crippen molar-refractivity contribution in [1.82, 2.24) is 4.90 Å². The minimum Gasteiger partial charge on any atom is -0.494 e. The number of hydrogen-bond acceptors (Lipinski definition) is 3. The molecule has 2 unspecified atom stereocenters. The number of benzene rings is 1. The number of aliphatic hydroxyl groups is 1. The molecule has 0 aliphatic carbocycles. The zero-order chi connectivity index (χ0) is 14.4. The van der Waals surface area contributed by atoms with Gasteiger partial charge >= 0.3 is 0 Å². The molecule has 4 nitrogen and oxygen atoms in total. The average Bonchev–Trinajstić information content (AvgIpc) is 2.85. The van der Waals surface area contributed by atoms with Crippen molar-refractivity contribution in [1.29, 1.82) is 0 Å². The monoisotopic (exact) mass is 277 g/mol. The minimum atomic E-state index is -0.00228. The number of ether oxygens (including phenoxy) is 1. The molecule has 2 rings (SSSR count). The van der Waals surface area contributed by atoms with E-state index in [9.17, 15) is 9.90 Å². The third-order valence-electron chi connectivity index (χ3n) is 3.94. The number of hydrogen-bond donors (Lipinski definition) is 1. The van der Waals surface area contributed by atoms with Gasteiger partial charge in [0.2, 0.25) is 5.91 Å². The highest BCUT2D eigenvalue weighted by atomic mass is 16.5. The van der Waals surface area contributed by atoms with Gasteiger partial charge in [-0.15, -0.1) is 0 Å². The summed E-state index contributed by atoms with van der Waals surface area (Å²) in [7, 11) is 0. The molecular weight excluding hydrogens is 254 g/mol. The predicted molar refractivity (Wildman–Crippen MR) is 77.5 cm³/mol. The molecule has 20 heavy (non-hydrogen) atoms. The van der Waals surface area contributed by atoms with Crippen molar-refractivity contribution in [3.05, 3.63) is 30.3 Å². The molecule has 2 atom stereocenters. The summed E-state index contributed by atoms with van der Waals surface area (Å²) in [5.74, 6) is 1.36. The molecular formula is C16H23NO3. The highest BCUT2D eigenvalue weighted by Gasteiger charge is 2.33. The summed E-state index contributed by atoms with van der Waals surface area (Å²) < 4.78 is 5.57. The van der Waals surface area contributed by atoms with E-state index in [1.165, 1.54) is 0 Å². The van der Waals surface area contributed by atoms with E-state index in [0.29, 0.717) is 25.4 Å². The number of amides is 1. The first kappa shape index (κ1) is 14.9. The summed E-state index contributed by atoms with van der Waals surface area (Å²) in [4.78, 5) is 14.0. The Morgan fingerprint density at radius 3 is 2.85 bits per heavy atom. The standard InChI is InChI=1S/C16H23NO3/c1-13-9-10-17(15(13)12-18)16(19)8-5-11-20-14-6-3-2-4-7-14/h2-4,6-7,13,15,18H,5,8-12H2,1H3. The predicted octanol–water partition coefficient (Wildman–Crippen LogP) is 2.07. The van der Waals surface area contributed by atoms with Crippen molar-refractivity contribution in [3.8, 4) is 5.75 Å². The maximum Gasteiger partial charge on any atom is 0.223 e. The SMILES string of the molecule is CC1CCN(C(=O)CCCOc2ccccc2)C1CO. The lowest BCUT2D eigenvalue weighted by Crippen LogP contribution is -2.39. The summed E-state index contributed by atoms with van der Waals surface area (Å²) in [6, 6.07) is 9.62. The lowest BCUT2D eigenvalue weighted by molar-refractivity contribution is -0.133. The number of para-hydroxylation sites is 1. The Hall–Kier alpha value is -1.55. The molecule has 0 bridgehead atoms. The number of likely N-dealkylation sites (tertiary alicyclic amines) is 1. The lowest BCUT2D eigenvalue weighted by Gasteiger charge is -2.25. The second kappa shape index (κ2) is 7.29. The highest BCUT2D eigenvalue weighted by Crippen LogP contribution is 2.24. The van der Waals surface area contributed by atoms with Gasteiger partial charge in [-0.25, -0.2) is 0 Å². The fourth-order valence-electron chi connectivity index (χ4n) is 2.67. The van der Waals surface area contributed by atoms with E-state index < -0.39 is 0 Å². The van der Waals surface area contributed by atoms with Crippen molar-refractivity contribution in [3.63, 3.8) is 0 Å². The van der Waals surface area contributed by atoms with Crippen molar-refractivity contribution in [2.75, 3.05) is 19.8 Å². The van der Waals surface area contributed by atoms with Crippen LogP contribution in [-0.2, 0) is 4.79 Å². The molecule has 0 aromatic heterocycles. The molecule has 1 amide bonds. The Morgan fingerprint density at radius 1 is 1.40 bits per heavy atom. The van der Waals surface area contributed by atoms with Crippen LogP contribution in [-0.4, -0.2) is 41.7 Å². The number of rotatable bonds is 6. The average molecular weight is 277 g/mol. The van der Waals surface area contributed by atoms with Gasteiger partial charge in [-0.05, 0) is 30.9 Å². The zero-order valence-corrected chi connectivity index (χ0v) is 12.0. The van der Waals surface area contributed by atoms with Crippen LogP contribution in [0.3, 0.4) is 0 Å². The number of carbonyl (C=O) groups is 1. The third kappa shape index (κ3) is 3.73. The Bertz CT molecular complexity index is 421. The van der Waals surface area contributed by atoms with Crippen LogP contribution in [0.25, 0.3) is 0 Å². The zero-order valence-electron chi connectivity index (χ0n) is 12.0. The molecule has 1 aromatic rings. The molecule has 4 heteroatoms. The van der Waals surface area contributed by atoms with E-state index in [2.05, 4.69) is 6.92 Å². The molecule has 1 heterocycles. The van der Waals surface area contributed by atoms with Gasteiger partial charge in [0.05, 0.1) is 19.3 Å². The fraction of sp³-hybridized carbons (Fsp3) is 0.562. The topological polar surface area (TPSA) is 49.8 Å². The third-order valence-corrected chi connectivity index (χ3v) is 3.94. The van der Waals surface area contributed by atoms with E-state index in [4.69, 9.17) is 4.74 Å². The normalized spacial score (nSPS) is 22.0. The quantitative estimate of drug-likeness (QED) is 0.810. The van der Waals surface area contributed by atoms with E-state index in [-0.39, 0.29) is 18.6 Å². The van der Waals surface area contributed by atoms with Gasteiger partial charge < -0.3 is 14.7 Å². The number of aliphatic hydroxyl groups excluding tert-OH is 1. The van der Waals surface area contributed by atoms with E-state index in [0.717, 1.165) is 18.7 Å². The maximum absolute atomic E-state index is 12.1. The van der Waals surface area contributed by atoms with E-state index >= 15 is 0 Å². The van der Waals surface area contributed by atoms with Crippen LogP contribution in [0, 0.1) is 5.92 Å². The molecule has 1 aliphatic heterocycles. The maximum atomic E-state index is 12.1. The second-order valence-corrected chi connectivity index (χ2v) is 5.37. The Kier molecular flexibility index (Phi) is 5.41. The van der Waals surface area contributed by atoms with Crippen molar-refractivity contribution in [2.45, 2.75) is 32.2 Å². The van der Waals surface area contributed by atoms with E-state index in [1.807, 2.05) is 35.2 Å². The van der Waals surface area contributed by atoms with Crippen LogP contribution in [0.4, 0.5) is 0 Å². The summed E-state index contributed by atoms with van der Waals surface area (Å²) in [6.07, 6.45) is 2.17. The van der Waals surface area contributed by atoms with Crippen molar-refractivity contribution in [2.24, 2.45) is 5.92 Å². The fourth-order valence-corrected chi connectivity index (χ4v) is 2.67.